The molecule has 0 spiro atoms. The zero-order valence-electron chi connectivity index (χ0n) is 13.3. The zero-order valence-corrected chi connectivity index (χ0v) is 13.3. The fourth-order valence-electron chi connectivity index (χ4n) is 2.87. The highest BCUT2D eigenvalue weighted by Crippen LogP contribution is 2.37. The highest BCUT2D eigenvalue weighted by atomic mass is 16.3. The second-order valence-electron chi connectivity index (χ2n) is 5.65. The van der Waals surface area contributed by atoms with Crippen molar-refractivity contribution in [3.8, 4) is 0 Å². The molecule has 1 aliphatic heterocycles. The van der Waals surface area contributed by atoms with E-state index >= 15 is 0 Å². The van der Waals surface area contributed by atoms with E-state index in [2.05, 4.69) is 6.92 Å². The molecule has 3 rings (SSSR count). The van der Waals surface area contributed by atoms with Crippen molar-refractivity contribution < 1.29 is 10.2 Å². The lowest BCUT2D eigenvalue weighted by Gasteiger charge is -2.33. The maximum Gasteiger partial charge on any atom is 0.214 e. The molecule has 120 valence electrons. The zero-order chi connectivity index (χ0) is 16.2. The van der Waals surface area contributed by atoms with Crippen molar-refractivity contribution in [2.24, 2.45) is 0 Å². The highest BCUT2D eigenvalue weighted by molar-refractivity contribution is 5.65. The Balaban J connectivity index is 2.04. The molecule has 1 atom stereocenters. The molecule has 0 amide bonds. The van der Waals surface area contributed by atoms with Crippen LogP contribution in [0.3, 0.4) is 0 Å². The van der Waals surface area contributed by atoms with Crippen LogP contribution in [-0.4, -0.2) is 16.4 Å². The Hall–Kier alpha value is -2.46. The molecule has 4 nitrogen and oxygen atoms in total. The number of aliphatic hydroxyl groups is 2. The molecule has 1 heterocycles. The van der Waals surface area contributed by atoms with E-state index in [9.17, 15) is 10.2 Å². The summed E-state index contributed by atoms with van der Waals surface area (Å²) in [5.74, 6) is 0.126. The van der Waals surface area contributed by atoms with Crippen molar-refractivity contribution in [1.29, 1.82) is 0 Å². The molecule has 4 heteroatoms. The fraction of sp³-hybridized carbons (Fsp3) is 0.263. The lowest BCUT2D eigenvalue weighted by Crippen LogP contribution is -2.43. The van der Waals surface area contributed by atoms with Crippen molar-refractivity contribution in [3.05, 3.63) is 72.1 Å². The number of anilines is 2. The molecule has 0 radical (unpaired) electrons. The van der Waals surface area contributed by atoms with Gasteiger partial charge in [0, 0.05) is 5.57 Å². The first-order valence-corrected chi connectivity index (χ1v) is 8.03. The molecule has 0 saturated heterocycles. The predicted molar refractivity (Wildman–Crippen MR) is 93.0 cm³/mol. The van der Waals surface area contributed by atoms with E-state index in [1.54, 1.807) is 10.0 Å². The minimum atomic E-state index is -0.857. The van der Waals surface area contributed by atoms with E-state index < -0.39 is 6.23 Å². The van der Waals surface area contributed by atoms with Gasteiger partial charge in [-0.25, -0.2) is 10.0 Å². The molecule has 1 unspecified atom stereocenters. The highest BCUT2D eigenvalue weighted by Gasteiger charge is 2.38. The van der Waals surface area contributed by atoms with Gasteiger partial charge in [-0.15, -0.1) is 0 Å². The summed E-state index contributed by atoms with van der Waals surface area (Å²) in [4.78, 5) is 0. The third kappa shape index (κ3) is 2.90. The van der Waals surface area contributed by atoms with Gasteiger partial charge in [-0.1, -0.05) is 49.7 Å². The van der Waals surface area contributed by atoms with Crippen LogP contribution in [0.25, 0.3) is 0 Å². The monoisotopic (exact) mass is 310 g/mol. The Morgan fingerprint density at radius 1 is 0.913 bits per heavy atom. The SMILES string of the molecule is CCCCC1=C(O)N(c2ccccc2)N(c2ccccc2)C1O. The van der Waals surface area contributed by atoms with Crippen LogP contribution in [0.4, 0.5) is 11.4 Å². The first-order valence-electron chi connectivity index (χ1n) is 8.03. The van der Waals surface area contributed by atoms with E-state index in [4.69, 9.17) is 0 Å². The first-order chi connectivity index (χ1) is 11.2. The summed E-state index contributed by atoms with van der Waals surface area (Å²) in [6.45, 7) is 2.10. The number of nitrogens with zero attached hydrogens (tertiary/aromatic N) is 2. The lowest BCUT2D eigenvalue weighted by atomic mass is 10.1. The maximum absolute atomic E-state index is 10.8. The van der Waals surface area contributed by atoms with E-state index in [1.807, 2.05) is 60.7 Å². The molecule has 0 aliphatic carbocycles. The van der Waals surface area contributed by atoms with Gasteiger partial charge in [-0.2, -0.15) is 0 Å². The summed E-state index contributed by atoms with van der Waals surface area (Å²) in [5, 5.41) is 24.9. The summed E-state index contributed by atoms with van der Waals surface area (Å²) < 4.78 is 0. The summed E-state index contributed by atoms with van der Waals surface area (Å²) in [6.07, 6.45) is 1.77. The second kappa shape index (κ2) is 6.75. The Kier molecular flexibility index (Phi) is 4.53. The lowest BCUT2D eigenvalue weighted by molar-refractivity contribution is 0.209. The van der Waals surface area contributed by atoms with Crippen LogP contribution in [0, 0.1) is 0 Å². The topological polar surface area (TPSA) is 46.9 Å². The molecule has 1 aliphatic rings. The van der Waals surface area contributed by atoms with Gasteiger partial charge in [0.25, 0.3) is 0 Å². The van der Waals surface area contributed by atoms with Crippen LogP contribution in [-0.2, 0) is 0 Å². The first kappa shape index (κ1) is 15.4. The largest absolute Gasteiger partial charge is 0.493 e. The summed E-state index contributed by atoms with van der Waals surface area (Å²) in [5.41, 5.74) is 2.32. The minimum absolute atomic E-state index is 0.126. The Labute approximate surface area is 136 Å². The van der Waals surface area contributed by atoms with Gasteiger partial charge < -0.3 is 10.2 Å². The van der Waals surface area contributed by atoms with Gasteiger partial charge >= 0.3 is 0 Å². The molecule has 0 bridgehead atoms. The van der Waals surface area contributed by atoms with Crippen molar-refractivity contribution in [2.45, 2.75) is 32.4 Å². The Bertz CT molecular complexity index is 670. The smallest absolute Gasteiger partial charge is 0.214 e. The molecule has 0 fully saturated rings. The molecule has 23 heavy (non-hydrogen) atoms. The van der Waals surface area contributed by atoms with Crippen molar-refractivity contribution in [3.63, 3.8) is 0 Å². The molecule has 0 saturated carbocycles. The summed E-state index contributed by atoms with van der Waals surface area (Å²) in [6, 6.07) is 19.2. The van der Waals surface area contributed by atoms with E-state index in [1.165, 1.54) is 0 Å². The summed E-state index contributed by atoms with van der Waals surface area (Å²) >= 11 is 0. The van der Waals surface area contributed by atoms with E-state index in [0.717, 1.165) is 24.2 Å². The third-order valence-corrected chi connectivity index (χ3v) is 4.07. The van der Waals surface area contributed by atoms with Crippen molar-refractivity contribution >= 4 is 11.4 Å². The van der Waals surface area contributed by atoms with Gasteiger partial charge in [-0.05, 0) is 37.1 Å². The molecule has 2 aromatic carbocycles. The fourth-order valence-corrected chi connectivity index (χ4v) is 2.87. The molecule has 2 N–H and O–H groups in total. The van der Waals surface area contributed by atoms with Gasteiger partial charge in [0.15, 0.2) is 6.23 Å². The van der Waals surface area contributed by atoms with Gasteiger partial charge in [0.2, 0.25) is 5.88 Å². The number of aliphatic hydroxyl groups excluding tert-OH is 2. The van der Waals surface area contributed by atoms with E-state index in [0.29, 0.717) is 12.0 Å². The number of hydrogen-bond donors (Lipinski definition) is 2. The average molecular weight is 310 g/mol. The standard InChI is InChI=1S/C19H22N2O2/c1-2-3-14-17-18(22)20(15-10-6-4-7-11-15)21(19(17)23)16-12-8-5-9-13-16/h4-13,18,22-23H,2-3,14H2,1H3. The van der Waals surface area contributed by atoms with Crippen LogP contribution in [0.1, 0.15) is 26.2 Å². The quantitative estimate of drug-likeness (QED) is 0.868. The van der Waals surface area contributed by atoms with Crippen molar-refractivity contribution in [1.82, 2.24) is 0 Å². The van der Waals surface area contributed by atoms with Crippen LogP contribution in [0.2, 0.25) is 0 Å². The molecule has 0 aromatic heterocycles. The minimum Gasteiger partial charge on any atom is -0.493 e. The van der Waals surface area contributed by atoms with Gasteiger partial charge in [0.05, 0.1) is 11.4 Å². The maximum atomic E-state index is 10.8. The normalized spacial score (nSPS) is 17.9. The number of unbranched alkanes of at least 4 members (excludes halogenated alkanes) is 1. The Morgan fingerprint density at radius 2 is 1.48 bits per heavy atom. The average Bonchev–Trinajstić information content (AvgIpc) is 2.85. The molecular weight excluding hydrogens is 288 g/mol. The third-order valence-electron chi connectivity index (χ3n) is 4.07. The number of hydrogen-bond acceptors (Lipinski definition) is 4. The predicted octanol–water partition coefficient (Wildman–Crippen LogP) is 4.21. The summed E-state index contributed by atoms with van der Waals surface area (Å²) in [7, 11) is 0. The molecule has 2 aromatic rings. The molecular formula is C19H22N2O2. The number of hydrazine groups is 1. The van der Waals surface area contributed by atoms with Crippen LogP contribution in [0.5, 0.6) is 0 Å². The van der Waals surface area contributed by atoms with E-state index in [-0.39, 0.29) is 5.88 Å². The van der Waals surface area contributed by atoms with Gasteiger partial charge in [0.1, 0.15) is 0 Å². The second-order valence-corrected chi connectivity index (χ2v) is 5.65. The van der Waals surface area contributed by atoms with Crippen molar-refractivity contribution in [2.75, 3.05) is 10.0 Å². The van der Waals surface area contributed by atoms with Crippen LogP contribution < -0.4 is 10.0 Å². The number of para-hydroxylation sites is 2. The van der Waals surface area contributed by atoms with Gasteiger partial charge in [-0.3, -0.25) is 0 Å². The number of rotatable bonds is 5. The van der Waals surface area contributed by atoms with Crippen LogP contribution >= 0.6 is 0 Å². The van der Waals surface area contributed by atoms with Crippen LogP contribution in [0.15, 0.2) is 72.1 Å². The Morgan fingerprint density at radius 3 is 2.04 bits per heavy atom. The number of benzene rings is 2.